The molecule has 1 heterocycles. The number of hydrogen-bond acceptors (Lipinski definition) is 1. The van der Waals surface area contributed by atoms with E-state index >= 15 is 0 Å². The van der Waals surface area contributed by atoms with Gasteiger partial charge in [-0.3, -0.25) is 0 Å². The number of fused-ring (bicyclic) bond motifs is 1. The lowest BCUT2D eigenvalue weighted by Gasteiger charge is -1.99. The van der Waals surface area contributed by atoms with Gasteiger partial charge in [0.15, 0.2) is 0 Å². The summed E-state index contributed by atoms with van der Waals surface area (Å²) in [5.74, 6) is -0.310. The molecule has 0 unspecified atom stereocenters. The van der Waals surface area contributed by atoms with E-state index in [4.69, 9.17) is 17.3 Å². The molecule has 1 aromatic carbocycles. The maximum atomic E-state index is 13.5. The molecule has 0 aliphatic carbocycles. The fraction of sp³-hybridized carbons (Fsp3) is 0.200. The molecular formula is C10H10ClFN2. The van der Waals surface area contributed by atoms with Gasteiger partial charge in [0.25, 0.3) is 0 Å². The molecule has 0 amide bonds. The van der Waals surface area contributed by atoms with Crippen LogP contribution in [0.4, 0.5) is 4.39 Å². The Kier molecular flexibility index (Phi) is 2.21. The highest BCUT2D eigenvalue weighted by molar-refractivity contribution is 6.31. The topological polar surface area (TPSA) is 30.9 Å². The number of benzene rings is 1. The lowest BCUT2D eigenvalue weighted by atomic mass is 10.2. The number of rotatable bonds is 1. The van der Waals surface area contributed by atoms with Crippen LogP contribution in [-0.4, -0.2) is 4.57 Å². The third-order valence-electron chi connectivity index (χ3n) is 2.30. The fourth-order valence-electron chi connectivity index (χ4n) is 1.70. The lowest BCUT2D eigenvalue weighted by molar-refractivity contribution is 0.632. The number of hydrogen-bond donors (Lipinski definition) is 1. The van der Waals surface area contributed by atoms with Gasteiger partial charge in [-0.2, -0.15) is 0 Å². The van der Waals surface area contributed by atoms with Crippen molar-refractivity contribution in [2.24, 2.45) is 12.8 Å². The number of halogens is 2. The first kappa shape index (κ1) is 9.49. The van der Waals surface area contributed by atoms with Gasteiger partial charge in [-0.25, -0.2) is 4.39 Å². The van der Waals surface area contributed by atoms with Gasteiger partial charge in [0.2, 0.25) is 0 Å². The van der Waals surface area contributed by atoms with Crippen molar-refractivity contribution >= 4 is 22.5 Å². The van der Waals surface area contributed by atoms with E-state index in [9.17, 15) is 4.39 Å². The SMILES string of the molecule is Cn1cc(CN)c2cc(Cl)cc(F)c21. The summed E-state index contributed by atoms with van der Waals surface area (Å²) in [6, 6.07) is 3.05. The zero-order valence-corrected chi connectivity index (χ0v) is 8.48. The summed E-state index contributed by atoms with van der Waals surface area (Å²) in [6.07, 6.45) is 1.82. The Labute approximate surface area is 86.1 Å². The zero-order chi connectivity index (χ0) is 10.3. The maximum Gasteiger partial charge on any atom is 0.148 e. The molecule has 0 spiro atoms. The second-order valence-electron chi connectivity index (χ2n) is 3.25. The average Bonchev–Trinajstić information content (AvgIpc) is 2.42. The van der Waals surface area contributed by atoms with E-state index < -0.39 is 0 Å². The van der Waals surface area contributed by atoms with Gasteiger partial charge in [0.1, 0.15) is 5.82 Å². The smallest absolute Gasteiger partial charge is 0.148 e. The number of nitrogens with two attached hydrogens (primary N) is 1. The van der Waals surface area contributed by atoms with E-state index in [-0.39, 0.29) is 5.82 Å². The van der Waals surface area contributed by atoms with Crippen LogP contribution in [0.5, 0.6) is 0 Å². The van der Waals surface area contributed by atoms with Gasteiger partial charge in [-0.1, -0.05) is 11.6 Å². The summed E-state index contributed by atoms with van der Waals surface area (Å²) < 4.78 is 15.2. The normalized spacial score (nSPS) is 11.1. The molecule has 74 valence electrons. The second-order valence-corrected chi connectivity index (χ2v) is 3.69. The third kappa shape index (κ3) is 1.29. The highest BCUT2D eigenvalue weighted by atomic mass is 35.5. The van der Waals surface area contributed by atoms with Gasteiger partial charge in [0, 0.05) is 30.2 Å². The first-order valence-corrected chi connectivity index (χ1v) is 4.64. The Morgan fingerprint density at radius 2 is 2.21 bits per heavy atom. The maximum absolute atomic E-state index is 13.5. The fourth-order valence-corrected chi connectivity index (χ4v) is 1.90. The van der Waals surface area contributed by atoms with Crippen molar-refractivity contribution in [1.82, 2.24) is 4.57 Å². The summed E-state index contributed by atoms with van der Waals surface area (Å²) in [7, 11) is 1.79. The van der Waals surface area contributed by atoms with Gasteiger partial charge in [0.05, 0.1) is 5.52 Å². The predicted molar refractivity (Wildman–Crippen MR) is 55.8 cm³/mol. The van der Waals surface area contributed by atoms with E-state index in [1.54, 1.807) is 17.7 Å². The van der Waals surface area contributed by atoms with Gasteiger partial charge >= 0.3 is 0 Å². The Hall–Kier alpha value is -1.06. The second kappa shape index (κ2) is 3.26. The van der Waals surface area contributed by atoms with Crippen LogP contribution in [-0.2, 0) is 13.6 Å². The Morgan fingerprint density at radius 3 is 2.86 bits per heavy atom. The van der Waals surface area contributed by atoms with Crippen LogP contribution in [0.25, 0.3) is 10.9 Å². The van der Waals surface area contributed by atoms with E-state index in [1.165, 1.54) is 6.07 Å². The Morgan fingerprint density at radius 1 is 1.50 bits per heavy atom. The van der Waals surface area contributed by atoms with Crippen molar-refractivity contribution in [3.8, 4) is 0 Å². The van der Waals surface area contributed by atoms with Crippen LogP contribution in [0.15, 0.2) is 18.3 Å². The minimum absolute atomic E-state index is 0.310. The molecule has 1 aromatic heterocycles. The molecule has 0 saturated heterocycles. The lowest BCUT2D eigenvalue weighted by Crippen LogP contribution is -1.94. The summed E-state index contributed by atoms with van der Waals surface area (Å²) in [6.45, 7) is 0.386. The van der Waals surface area contributed by atoms with Crippen LogP contribution < -0.4 is 5.73 Å². The van der Waals surface area contributed by atoms with Crippen LogP contribution in [0.1, 0.15) is 5.56 Å². The first-order chi connectivity index (χ1) is 6.63. The molecule has 0 saturated carbocycles. The van der Waals surface area contributed by atoms with E-state index in [1.807, 2.05) is 6.20 Å². The summed E-state index contributed by atoms with van der Waals surface area (Å²) in [5, 5.41) is 1.19. The average molecular weight is 213 g/mol. The van der Waals surface area contributed by atoms with E-state index in [0.717, 1.165) is 10.9 Å². The number of nitrogens with zero attached hydrogens (tertiary/aromatic N) is 1. The predicted octanol–water partition coefficient (Wildman–Crippen LogP) is 2.43. The zero-order valence-electron chi connectivity index (χ0n) is 7.72. The summed E-state index contributed by atoms with van der Waals surface area (Å²) >= 11 is 5.77. The first-order valence-electron chi connectivity index (χ1n) is 4.26. The molecule has 0 radical (unpaired) electrons. The van der Waals surface area contributed by atoms with Crippen molar-refractivity contribution in [1.29, 1.82) is 0 Å². The molecule has 2 nitrogen and oxygen atoms in total. The molecular weight excluding hydrogens is 203 g/mol. The molecule has 0 bridgehead atoms. The van der Waals surface area contributed by atoms with Crippen LogP contribution in [0.2, 0.25) is 5.02 Å². The molecule has 14 heavy (non-hydrogen) atoms. The van der Waals surface area contributed by atoms with Gasteiger partial charge < -0.3 is 10.3 Å². The summed E-state index contributed by atoms with van der Waals surface area (Å²) in [4.78, 5) is 0. The van der Waals surface area contributed by atoms with E-state index in [2.05, 4.69) is 0 Å². The molecule has 2 rings (SSSR count). The van der Waals surface area contributed by atoms with Gasteiger partial charge in [-0.05, 0) is 17.7 Å². The highest BCUT2D eigenvalue weighted by Gasteiger charge is 2.10. The summed E-state index contributed by atoms with van der Waals surface area (Å²) in [5.41, 5.74) is 7.01. The van der Waals surface area contributed by atoms with Crippen molar-refractivity contribution in [3.05, 3.63) is 34.7 Å². The molecule has 0 fully saturated rings. The monoisotopic (exact) mass is 212 g/mol. The van der Waals surface area contributed by atoms with Crippen LogP contribution in [0, 0.1) is 5.82 Å². The molecule has 2 aromatic rings. The Bertz CT molecular complexity index is 490. The van der Waals surface area contributed by atoms with Crippen molar-refractivity contribution in [3.63, 3.8) is 0 Å². The highest BCUT2D eigenvalue weighted by Crippen LogP contribution is 2.26. The van der Waals surface area contributed by atoms with Gasteiger partial charge in [-0.15, -0.1) is 0 Å². The quantitative estimate of drug-likeness (QED) is 0.774. The Balaban J connectivity index is 2.89. The van der Waals surface area contributed by atoms with Crippen molar-refractivity contribution < 1.29 is 4.39 Å². The van der Waals surface area contributed by atoms with E-state index in [0.29, 0.717) is 17.1 Å². The minimum Gasteiger partial charge on any atom is -0.348 e. The third-order valence-corrected chi connectivity index (χ3v) is 2.51. The minimum atomic E-state index is -0.310. The largest absolute Gasteiger partial charge is 0.348 e. The van der Waals surface area contributed by atoms with Crippen LogP contribution in [0.3, 0.4) is 0 Å². The number of aromatic nitrogens is 1. The van der Waals surface area contributed by atoms with Crippen molar-refractivity contribution in [2.75, 3.05) is 0 Å². The molecule has 0 aliphatic heterocycles. The number of aryl methyl sites for hydroxylation is 1. The molecule has 2 N–H and O–H groups in total. The molecule has 0 atom stereocenters. The molecule has 0 aliphatic rings. The van der Waals surface area contributed by atoms with Crippen molar-refractivity contribution in [2.45, 2.75) is 6.54 Å². The van der Waals surface area contributed by atoms with Crippen LogP contribution >= 0.6 is 11.6 Å². The standard InChI is InChI=1S/C10H10ClFN2/c1-14-5-6(4-13)8-2-7(11)3-9(12)10(8)14/h2-3,5H,4,13H2,1H3. The molecule has 4 heteroatoms.